The number of hydrogen-bond donors (Lipinski definition) is 2. The third kappa shape index (κ3) is 6.82. The molecule has 1 heterocycles. The van der Waals surface area contributed by atoms with Gasteiger partial charge in [0.05, 0.1) is 11.5 Å². The molecule has 0 aliphatic carbocycles. The summed E-state index contributed by atoms with van der Waals surface area (Å²) in [6.07, 6.45) is 0. The number of hydrogen-bond acceptors (Lipinski definition) is 6. The van der Waals surface area contributed by atoms with E-state index in [1.54, 1.807) is 48.5 Å². The highest BCUT2D eigenvalue weighted by atomic mass is 35.5. The fourth-order valence-electron chi connectivity index (χ4n) is 2.01. The van der Waals surface area contributed by atoms with Crippen molar-refractivity contribution in [3.05, 3.63) is 58.6 Å². The van der Waals surface area contributed by atoms with Crippen molar-refractivity contribution in [3.8, 4) is 0 Å². The number of anilines is 2. The van der Waals surface area contributed by atoms with Gasteiger partial charge in [0.25, 0.3) is 0 Å². The molecular formula is C17H14Cl2N4O2S3. The van der Waals surface area contributed by atoms with Crippen LogP contribution in [0.4, 0.5) is 11.4 Å². The van der Waals surface area contributed by atoms with E-state index in [9.17, 15) is 9.59 Å². The molecule has 0 aromatic heterocycles. The van der Waals surface area contributed by atoms with Crippen molar-refractivity contribution in [3.63, 3.8) is 0 Å². The van der Waals surface area contributed by atoms with Gasteiger partial charge in [0.1, 0.15) is 0 Å². The summed E-state index contributed by atoms with van der Waals surface area (Å²) in [5.74, 6) is 0.127. The Balaban J connectivity index is 1.38. The van der Waals surface area contributed by atoms with Gasteiger partial charge in [0, 0.05) is 31.1 Å². The normalized spacial score (nSPS) is 15.5. The van der Waals surface area contributed by atoms with Gasteiger partial charge in [0.2, 0.25) is 11.8 Å². The summed E-state index contributed by atoms with van der Waals surface area (Å²) in [7, 11) is 0.809. The predicted octanol–water partition coefficient (Wildman–Crippen LogP) is 5.04. The maximum atomic E-state index is 12.1. The van der Waals surface area contributed by atoms with Crippen LogP contribution in [0.3, 0.4) is 0 Å². The molecule has 2 N–H and O–H groups in total. The highest BCUT2D eigenvalue weighted by Gasteiger charge is 2.17. The van der Waals surface area contributed by atoms with Crippen molar-refractivity contribution in [2.45, 2.75) is 0 Å². The lowest BCUT2D eigenvalue weighted by molar-refractivity contribution is -0.114. The highest BCUT2D eigenvalue weighted by Crippen LogP contribution is 2.28. The fraction of sp³-hybridized carbons (Fsp3) is 0.118. The van der Waals surface area contributed by atoms with Gasteiger partial charge in [-0.1, -0.05) is 35.0 Å². The Morgan fingerprint density at radius 3 is 2.04 bits per heavy atom. The molecule has 0 spiro atoms. The Hall–Kier alpha value is -1.52. The molecule has 0 bridgehead atoms. The first-order chi connectivity index (χ1) is 13.5. The zero-order valence-corrected chi connectivity index (χ0v) is 18.2. The van der Waals surface area contributed by atoms with E-state index in [2.05, 4.69) is 20.2 Å². The van der Waals surface area contributed by atoms with Crippen LogP contribution in [0.1, 0.15) is 0 Å². The first-order valence-corrected chi connectivity index (χ1v) is 12.3. The maximum Gasteiger partial charge on any atom is 0.236 e. The molecule has 2 amide bonds. The summed E-state index contributed by atoms with van der Waals surface area (Å²) < 4.78 is 4.79. The molecule has 146 valence electrons. The van der Waals surface area contributed by atoms with Gasteiger partial charge >= 0.3 is 0 Å². The molecule has 0 saturated carbocycles. The van der Waals surface area contributed by atoms with E-state index in [-0.39, 0.29) is 23.3 Å². The molecule has 0 saturated heterocycles. The Kier molecular flexibility index (Phi) is 7.81. The average molecular weight is 473 g/mol. The quantitative estimate of drug-likeness (QED) is 0.576. The van der Waals surface area contributed by atoms with Gasteiger partial charge in [-0.2, -0.15) is 0 Å². The second-order valence-electron chi connectivity index (χ2n) is 5.40. The van der Waals surface area contributed by atoms with Gasteiger partial charge < -0.3 is 10.6 Å². The van der Waals surface area contributed by atoms with Crippen molar-refractivity contribution in [2.24, 2.45) is 9.57 Å². The van der Waals surface area contributed by atoms with Crippen LogP contribution in [0.25, 0.3) is 0 Å². The molecule has 1 unspecified atom stereocenters. The minimum atomic E-state index is -0.588. The average Bonchev–Trinajstić information content (AvgIpc) is 3.11. The highest BCUT2D eigenvalue weighted by molar-refractivity contribution is 8.81. The molecule has 2 aromatic carbocycles. The molecule has 0 radical (unpaired) electrons. The molecule has 11 heteroatoms. The number of halogens is 2. The van der Waals surface area contributed by atoms with Gasteiger partial charge in [-0.3, -0.25) is 9.59 Å². The molecule has 28 heavy (non-hydrogen) atoms. The smallest absolute Gasteiger partial charge is 0.236 e. The maximum absolute atomic E-state index is 12.1. The van der Waals surface area contributed by atoms with Crippen molar-refractivity contribution in [1.82, 2.24) is 0 Å². The number of benzene rings is 2. The number of rotatable bonds is 6. The van der Waals surface area contributed by atoms with Crippen LogP contribution in [-0.2, 0) is 19.3 Å². The molecule has 1 aliphatic rings. The second kappa shape index (κ2) is 10.3. The zero-order valence-electron chi connectivity index (χ0n) is 14.2. The minimum Gasteiger partial charge on any atom is -0.325 e. The Labute approximate surface area is 182 Å². The van der Waals surface area contributed by atoms with E-state index in [0.29, 0.717) is 25.8 Å². The van der Waals surface area contributed by atoms with E-state index in [0.717, 1.165) is 0 Å². The topological polar surface area (TPSA) is 82.9 Å². The number of nitrogens with one attached hydrogen (secondary N) is 2. The van der Waals surface area contributed by atoms with Gasteiger partial charge in [-0.15, -0.1) is 9.57 Å². The van der Waals surface area contributed by atoms with Crippen molar-refractivity contribution in [2.75, 3.05) is 22.1 Å². The number of nitrogens with zero attached hydrogens (tertiary/aromatic N) is 2. The zero-order chi connectivity index (χ0) is 19.9. The third-order valence-electron chi connectivity index (χ3n) is 3.22. The molecule has 2 aromatic rings. The van der Waals surface area contributed by atoms with E-state index in [1.165, 1.54) is 22.6 Å². The molecule has 1 atom stereocenters. The molecular weight excluding hydrogens is 459 g/mol. The first kappa shape index (κ1) is 21.2. The predicted molar refractivity (Wildman–Crippen MR) is 122 cm³/mol. The third-order valence-corrected chi connectivity index (χ3v) is 8.17. The summed E-state index contributed by atoms with van der Waals surface area (Å²) in [5.41, 5.74) is 1.36. The van der Waals surface area contributed by atoms with Crippen molar-refractivity contribution >= 4 is 83.0 Å². The van der Waals surface area contributed by atoms with E-state index < -0.39 is 9.72 Å². The molecule has 0 fully saturated rings. The molecule has 3 rings (SSSR count). The molecule has 1 aliphatic heterocycles. The van der Waals surface area contributed by atoms with Crippen LogP contribution >= 0.6 is 45.8 Å². The summed E-state index contributed by atoms with van der Waals surface area (Å²) in [6, 6.07) is 13.8. The van der Waals surface area contributed by atoms with Crippen LogP contribution < -0.4 is 10.6 Å². The molecule has 6 nitrogen and oxygen atoms in total. The largest absolute Gasteiger partial charge is 0.325 e. The van der Waals surface area contributed by atoms with E-state index in [4.69, 9.17) is 23.2 Å². The Morgan fingerprint density at radius 1 is 0.929 bits per heavy atom. The summed E-state index contributed by atoms with van der Waals surface area (Å²) in [4.78, 5) is 24.1. The second-order valence-corrected chi connectivity index (χ2v) is 10.8. The minimum absolute atomic E-state index is 0.149. The Morgan fingerprint density at radius 2 is 1.46 bits per heavy atom. The lowest BCUT2D eigenvalue weighted by Crippen LogP contribution is -2.18. The monoisotopic (exact) mass is 472 g/mol. The number of carbonyl (C=O) groups is 2. The lowest BCUT2D eigenvalue weighted by Gasteiger charge is -2.06. The van der Waals surface area contributed by atoms with Crippen LogP contribution in [0, 0.1) is 0 Å². The first-order valence-electron chi connectivity index (χ1n) is 7.89. The fourth-order valence-corrected chi connectivity index (χ4v) is 6.45. The van der Waals surface area contributed by atoms with Crippen LogP contribution in [-0.4, -0.2) is 27.7 Å². The Bertz CT molecular complexity index is 934. The van der Waals surface area contributed by atoms with Gasteiger partial charge in [-0.25, -0.2) is 0 Å². The number of thioether (sulfide) groups is 1. The number of amides is 2. The lowest BCUT2D eigenvalue weighted by atomic mass is 10.3. The van der Waals surface area contributed by atoms with Gasteiger partial charge in [-0.05, 0) is 59.3 Å². The summed E-state index contributed by atoms with van der Waals surface area (Å²) in [5, 5.41) is 10.9. The van der Waals surface area contributed by atoms with Crippen LogP contribution in [0.2, 0.25) is 10.0 Å². The summed E-state index contributed by atoms with van der Waals surface area (Å²) >= 11 is 12.9. The van der Waals surface area contributed by atoms with Gasteiger partial charge in [0.15, 0.2) is 4.38 Å². The van der Waals surface area contributed by atoms with Crippen molar-refractivity contribution < 1.29 is 9.59 Å². The SMILES string of the molecule is O=C(CSC1=NN=S(CC(=O)Nc2ccc(Cl)cc2)S1)Nc1ccc(Cl)cc1. The van der Waals surface area contributed by atoms with E-state index in [1.807, 2.05) is 0 Å². The summed E-state index contributed by atoms with van der Waals surface area (Å²) in [6.45, 7) is 0. The van der Waals surface area contributed by atoms with Crippen LogP contribution in [0.5, 0.6) is 0 Å². The standard InChI is InChI=1S/C17H14Cl2N4O2S3/c18-11-1-5-13(6-2-11)20-15(24)9-26-17-22-23-28(27-17)10-16(25)21-14-7-3-12(19)4-8-14/h1-8H,9-10H2,(H,20,24)(H,21,25). The van der Waals surface area contributed by atoms with E-state index >= 15 is 0 Å². The van der Waals surface area contributed by atoms with Crippen LogP contribution in [0.15, 0.2) is 58.1 Å². The number of carbonyl (C=O) groups excluding carboxylic acids is 2. The van der Waals surface area contributed by atoms with Crippen molar-refractivity contribution in [1.29, 1.82) is 0 Å².